The zero-order valence-electron chi connectivity index (χ0n) is 13.3. The molecule has 1 spiro atoms. The van der Waals surface area contributed by atoms with Crippen LogP contribution in [0.5, 0.6) is 0 Å². The third-order valence-electron chi connectivity index (χ3n) is 4.54. The van der Waals surface area contributed by atoms with Gasteiger partial charge < -0.3 is 14.5 Å². The summed E-state index contributed by atoms with van der Waals surface area (Å²) in [5.74, 6) is -0.0939. The zero-order chi connectivity index (χ0) is 16.7. The molecular weight excluding hydrogens is 310 g/mol. The smallest absolute Gasteiger partial charge is 0.410 e. The minimum absolute atomic E-state index is 0.0939. The monoisotopic (exact) mass is 327 g/mol. The number of likely N-dealkylation sites (N-methyl/N-ethyl adjacent to an activating group) is 1. The van der Waals surface area contributed by atoms with Crippen LogP contribution < -0.4 is 0 Å². The maximum atomic E-state index is 13.0. The number of ether oxygens (including phenoxy) is 1. The van der Waals surface area contributed by atoms with Gasteiger partial charge in [0.25, 0.3) is 5.91 Å². The summed E-state index contributed by atoms with van der Waals surface area (Å²) in [4.78, 5) is 31.9. The van der Waals surface area contributed by atoms with Crippen molar-refractivity contribution >= 4 is 12.0 Å². The molecule has 1 aromatic heterocycles. The van der Waals surface area contributed by atoms with Gasteiger partial charge in [0.1, 0.15) is 12.7 Å². The molecule has 0 aliphatic carbocycles. The fourth-order valence-electron chi connectivity index (χ4n) is 3.38. The molecule has 4 rings (SSSR count). The molecule has 1 aromatic carbocycles. The first-order valence-corrected chi connectivity index (χ1v) is 7.75. The normalized spacial score (nSPS) is 23.1. The summed E-state index contributed by atoms with van der Waals surface area (Å²) in [6, 6.07) is 7.28. The maximum absolute atomic E-state index is 13.0. The second-order valence-corrected chi connectivity index (χ2v) is 6.24. The van der Waals surface area contributed by atoms with Crippen LogP contribution in [-0.4, -0.2) is 68.8 Å². The van der Waals surface area contributed by atoms with Crippen LogP contribution in [0.2, 0.25) is 0 Å². The molecule has 1 atom stereocenters. The van der Waals surface area contributed by atoms with E-state index in [1.165, 1.54) is 6.33 Å². The average Bonchev–Trinajstić information content (AvgIpc) is 3.29. The quantitative estimate of drug-likeness (QED) is 0.820. The summed E-state index contributed by atoms with van der Waals surface area (Å²) in [6.07, 6.45) is 3.32. The number of carbonyl (C=O) groups is 2. The predicted molar refractivity (Wildman–Crippen MR) is 83.7 cm³/mol. The van der Waals surface area contributed by atoms with E-state index in [-0.39, 0.29) is 12.0 Å². The Kier molecular flexibility index (Phi) is 3.26. The van der Waals surface area contributed by atoms with Crippen LogP contribution in [0, 0.1) is 0 Å². The summed E-state index contributed by atoms with van der Waals surface area (Å²) in [6.45, 7) is 1.49. The van der Waals surface area contributed by atoms with Crippen molar-refractivity contribution in [1.82, 2.24) is 24.6 Å². The highest BCUT2D eigenvalue weighted by Crippen LogP contribution is 2.32. The van der Waals surface area contributed by atoms with Crippen LogP contribution in [0.3, 0.4) is 0 Å². The van der Waals surface area contributed by atoms with Crippen LogP contribution in [0.4, 0.5) is 4.79 Å². The SMILES string of the molecule is CN1C[C@]2(CCN(C(=O)c3ccccc3-n3cncn3)C2)OC1=O. The van der Waals surface area contributed by atoms with E-state index >= 15 is 0 Å². The number of nitrogens with zero attached hydrogens (tertiary/aromatic N) is 5. The van der Waals surface area contributed by atoms with Crippen LogP contribution in [0.15, 0.2) is 36.9 Å². The summed E-state index contributed by atoms with van der Waals surface area (Å²) in [5.41, 5.74) is 0.656. The molecule has 2 amide bonds. The van der Waals surface area contributed by atoms with Crippen molar-refractivity contribution in [3.63, 3.8) is 0 Å². The molecule has 8 nitrogen and oxygen atoms in total. The highest BCUT2D eigenvalue weighted by atomic mass is 16.6. The topological polar surface area (TPSA) is 80.6 Å². The van der Waals surface area contributed by atoms with Gasteiger partial charge in [-0.25, -0.2) is 14.5 Å². The number of aromatic nitrogens is 3. The molecule has 0 radical (unpaired) electrons. The third-order valence-corrected chi connectivity index (χ3v) is 4.54. The van der Waals surface area contributed by atoms with Gasteiger partial charge in [-0.3, -0.25) is 4.79 Å². The Hall–Kier alpha value is -2.90. The van der Waals surface area contributed by atoms with E-state index in [2.05, 4.69) is 10.1 Å². The molecule has 2 aliphatic heterocycles. The molecule has 0 bridgehead atoms. The Morgan fingerprint density at radius 3 is 2.83 bits per heavy atom. The lowest BCUT2D eigenvalue weighted by atomic mass is 10.0. The lowest BCUT2D eigenvalue weighted by molar-refractivity contribution is 0.0553. The molecule has 3 heterocycles. The minimum Gasteiger partial charge on any atom is -0.439 e. The number of hydrogen-bond donors (Lipinski definition) is 0. The molecule has 0 unspecified atom stereocenters. The number of amides is 2. The molecular formula is C16H17N5O3. The van der Waals surface area contributed by atoms with E-state index in [0.29, 0.717) is 37.3 Å². The van der Waals surface area contributed by atoms with Crippen molar-refractivity contribution in [2.45, 2.75) is 12.0 Å². The number of hydrogen-bond acceptors (Lipinski definition) is 5. The molecule has 2 aromatic rings. The number of rotatable bonds is 2. The van der Waals surface area contributed by atoms with Crippen molar-refractivity contribution in [2.24, 2.45) is 0 Å². The van der Waals surface area contributed by atoms with Crippen LogP contribution >= 0.6 is 0 Å². The van der Waals surface area contributed by atoms with Gasteiger partial charge >= 0.3 is 6.09 Å². The van der Waals surface area contributed by atoms with Gasteiger partial charge in [0.15, 0.2) is 5.60 Å². The summed E-state index contributed by atoms with van der Waals surface area (Å²) in [5, 5.41) is 4.11. The standard InChI is InChI=1S/C16H17N5O3/c1-19-8-16(24-15(19)23)6-7-20(9-16)14(22)12-4-2-3-5-13(12)21-11-17-10-18-21/h2-5,10-11H,6-9H2,1H3/t16-/m0/s1. The van der Waals surface area contributed by atoms with Gasteiger partial charge in [-0.15, -0.1) is 0 Å². The number of para-hydroxylation sites is 1. The van der Waals surface area contributed by atoms with E-state index in [1.54, 1.807) is 33.9 Å². The molecule has 8 heteroatoms. The molecule has 2 aliphatic rings. The molecule has 0 saturated carbocycles. The van der Waals surface area contributed by atoms with Gasteiger partial charge in [0.2, 0.25) is 0 Å². The van der Waals surface area contributed by atoms with Gasteiger partial charge in [0.05, 0.1) is 24.3 Å². The van der Waals surface area contributed by atoms with Crippen LogP contribution in [0.25, 0.3) is 5.69 Å². The average molecular weight is 327 g/mol. The second kappa shape index (κ2) is 5.33. The number of benzene rings is 1. The van der Waals surface area contributed by atoms with Crippen LogP contribution in [-0.2, 0) is 4.74 Å². The highest BCUT2D eigenvalue weighted by molar-refractivity contribution is 5.98. The Labute approximate surface area is 138 Å². The van der Waals surface area contributed by atoms with E-state index in [0.717, 1.165) is 0 Å². The third kappa shape index (κ3) is 2.31. The van der Waals surface area contributed by atoms with Gasteiger partial charge in [-0.2, -0.15) is 5.10 Å². The van der Waals surface area contributed by atoms with Crippen molar-refractivity contribution in [3.05, 3.63) is 42.5 Å². The summed E-state index contributed by atoms with van der Waals surface area (Å²) < 4.78 is 7.08. The van der Waals surface area contributed by atoms with Crippen molar-refractivity contribution < 1.29 is 14.3 Å². The molecule has 2 fully saturated rings. The second-order valence-electron chi connectivity index (χ2n) is 6.24. The van der Waals surface area contributed by atoms with E-state index < -0.39 is 5.60 Å². The Morgan fingerprint density at radius 1 is 1.29 bits per heavy atom. The Bertz CT molecular complexity index is 791. The van der Waals surface area contributed by atoms with Gasteiger partial charge in [-0.1, -0.05) is 12.1 Å². The van der Waals surface area contributed by atoms with Crippen LogP contribution in [0.1, 0.15) is 16.8 Å². The van der Waals surface area contributed by atoms with Gasteiger partial charge in [0, 0.05) is 20.0 Å². The van der Waals surface area contributed by atoms with E-state index in [1.807, 2.05) is 18.2 Å². The maximum Gasteiger partial charge on any atom is 0.410 e. The lowest BCUT2D eigenvalue weighted by Crippen LogP contribution is -2.39. The fourth-order valence-corrected chi connectivity index (χ4v) is 3.38. The summed E-state index contributed by atoms with van der Waals surface area (Å²) in [7, 11) is 1.71. The fraction of sp³-hybridized carbons (Fsp3) is 0.375. The van der Waals surface area contributed by atoms with Crippen molar-refractivity contribution in [2.75, 3.05) is 26.7 Å². The lowest BCUT2D eigenvalue weighted by Gasteiger charge is -2.22. The first kappa shape index (κ1) is 14.7. The molecule has 2 saturated heterocycles. The highest BCUT2D eigenvalue weighted by Gasteiger charge is 2.49. The van der Waals surface area contributed by atoms with Crippen molar-refractivity contribution in [1.29, 1.82) is 0 Å². The molecule has 0 N–H and O–H groups in total. The van der Waals surface area contributed by atoms with E-state index in [4.69, 9.17) is 4.74 Å². The molecule has 24 heavy (non-hydrogen) atoms. The van der Waals surface area contributed by atoms with Crippen molar-refractivity contribution in [3.8, 4) is 5.69 Å². The predicted octanol–water partition coefficient (Wildman–Crippen LogP) is 0.934. The number of likely N-dealkylation sites (tertiary alicyclic amines) is 1. The number of carbonyl (C=O) groups excluding carboxylic acids is 2. The van der Waals surface area contributed by atoms with Gasteiger partial charge in [-0.05, 0) is 12.1 Å². The van der Waals surface area contributed by atoms with E-state index in [9.17, 15) is 9.59 Å². The first-order chi connectivity index (χ1) is 11.6. The summed E-state index contributed by atoms with van der Waals surface area (Å²) >= 11 is 0. The first-order valence-electron chi connectivity index (χ1n) is 7.75. The molecule has 124 valence electrons. The Balaban J connectivity index is 1.59. The minimum atomic E-state index is -0.580. The Morgan fingerprint density at radius 2 is 2.12 bits per heavy atom. The zero-order valence-corrected chi connectivity index (χ0v) is 13.3. The largest absolute Gasteiger partial charge is 0.439 e.